The number of piperazine rings is 1. The first kappa shape index (κ1) is 22.0. The summed E-state index contributed by atoms with van der Waals surface area (Å²) in [6, 6.07) is 3.73. The first-order chi connectivity index (χ1) is 15.8. The van der Waals surface area contributed by atoms with Crippen LogP contribution in [-0.2, 0) is 0 Å². The molecule has 2 atom stereocenters. The lowest BCUT2D eigenvalue weighted by atomic mass is 10.1. The van der Waals surface area contributed by atoms with Crippen LogP contribution in [0.4, 0.5) is 30.8 Å². The highest BCUT2D eigenvalue weighted by Crippen LogP contribution is 2.34. The van der Waals surface area contributed by atoms with E-state index < -0.39 is 12.3 Å². The van der Waals surface area contributed by atoms with Gasteiger partial charge >= 0.3 is 6.61 Å². The first-order valence-corrected chi connectivity index (χ1v) is 11.3. The summed E-state index contributed by atoms with van der Waals surface area (Å²) in [6.45, 7) is 3.04. The molecule has 3 saturated heterocycles. The maximum atomic E-state index is 14.6. The van der Waals surface area contributed by atoms with Crippen LogP contribution in [-0.4, -0.2) is 77.4 Å². The van der Waals surface area contributed by atoms with Gasteiger partial charge in [-0.1, -0.05) is 0 Å². The Hall–Kier alpha value is -2.82. The zero-order chi connectivity index (χ0) is 23.2. The third-order valence-electron chi connectivity index (χ3n) is 6.71. The molecule has 5 heterocycles. The number of nitrogens with zero attached hydrogens (tertiary/aromatic N) is 6. The zero-order valence-electron chi connectivity index (χ0n) is 18.6. The molecule has 0 saturated carbocycles. The van der Waals surface area contributed by atoms with E-state index in [0.717, 1.165) is 38.4 Å². The van der Waals surface area contributed by atoms with Crippen molar-refractivity contribution in [1.29, 1.82) is 0 Å². The molecule has 8 nitrogen and oxygen atoms in total. The predicted octanol–water partition coefficient (Wildman–Crippen LogP) is 2.94. The number of nitrogens with two attached hydrogens (primary N) is 1. The van der Waals surface area contributed by atoms with Gasteiger partial charge in [-0.05, 0) is 32.4 Å². The molecule has 2 aromatic rings. The number of anilines is 3. The Balaban J connectivity index is 1.52. The number of alkyl halides is 3. The summed E-state index contributed by atoms with van der Waals surface area (Å²) in [5.74, 6) is 0.827. The van der Waals surface area contributed by atoms with Crippen LogP contribution in [0.25, 0.3) is 11.3 Å². The van der Waals surface area contributed by atoms with Crippen LogP contribution in [0.15, 0.2) is 18.3 Å². The Bertz CT molecular complexity index is 1020. The highest BCUT2D eigenvalue weighted by molar-refractivity contribution is 5.68. The fourth-order valence-electron chi connectivity index (χ4n) is 4.95. The Kier molecular flexibility index (Phi) is 5.67. The standard InChI is InChI=1S/C22H28F3N7O/c1-22(25)4-6-32(13-22)21-28-16(14-9-17(33-20(23)24)19(26)27-11-14)10-18(29-21)31-8-7-30-5-2-3-15(30)12-31/h9-11,15,20H,2-8,12-13H2,1H3,(H2,26,27). The SMILES string of the molecule is CC1(F)CCN(c2nc(-c3cnc(N)c(OC(F)F)c3)cc(N3CCN4CCCC4C3)n2)C1. The molecule has 2 unspecified atom stereocenters. The monoisotopic (exact) mass is 463 g/mol. The molecule has 0 aliphatic carbocycles. The molecule has 11 heteroatoms. The van der Waals surface area contributed by atoms with Crippen molar-refractivity contribution in [2.24, 2.45) is 0 Å². The van der Waals surface area contributed by atoms with E-state index in [1.807, 2.05) is 11.0 Å². The average Bonchev–Trinajstić information content (AvgIpc) is 3.40. The van der Waals surface area contributed by atoms with Crippen molar-refractivity contribution in [3.63, 3.8) is 0 Å². The average molecular weight is 464 g/mol. The molecule has 0 radical (unpaired) electrons. The molecular formula is C22H28F3N7O. The molecular weight excluding hydrogens is 435 g/mol. The second-order valence-electron chi connectivity index (χ2n) is 9.26. The number of pyridine rings is 1. The number of aromatic nitrogens is 3. The van der Waals surface area contributed by atoms with Crippen molar-refractivity contribution in [3.8, 4) is 17.0 Å². The molecule has 3 aliphatic heterocycles. The van der Waals surface area contributed by atoms with Gasteiger partial charge in [-0.25, -0.2) is 14.4 Å². The van der Waals surface area contributed by atoms with E-state index in [4.69, 9.17) is 10.7 Å². The van der Waals surface area contributed by atoms with Gasteiger partial charge in [0, 0.05) is 56.5 Å². The minimum atomic E-state index is -3.02. The summed E-state index contributed by atoms with van der Waals surface area (Å²) >= 11 is 0. The molecule has 3 fully saturated rings. The molecule has 2 N–H and O–H groups in total. The van der Waals surface area contributed by atoms with Crippen LogP contribution in [0.5, 0.6) is 5.75 Å². The second kappa shape index (κ2) is 8.51. The smallest absolute Gasteiger partial charge is 0.387 e. The maximum absolute atomic E-state index is 14.6. The highest BCUT2D eigenvalue weighted by Gasteiger charge is 2.36. The molecule has 3 aliphatic rings. The number of halogens is 3. The van der Waals surface area contributed by atoms with Crippen LogP contribution in [0.1, 0.15) is 26.2 Å². The number of hydrogen-bond acceptors (Lipinski definition) is 8. The zero-order valence-corrected chi connectivity index (χ0v) is 18.6. The van der Waals surface area contributed by atoms with E-state index in [0.29, 0.717) is 36.2 Å². The number of rotatable bonds is 5. The van der Waals surface area contributed by atoms with Gasteiger partial charge in [0.2, 0.25) is 5.95 Å². The van der Waals surface area contributed by atoms with Gasteiger partial charge in [-0.3, -0.25) is 4.90 Å². The summed E-state index contributed by atoms with van der Waals surface area (Å²) in [5, 5.41) is 0. The van der Waals surface area contributed by atoms with Crippen molar-refractivity contribution >= 4 is 17.6 Å². The van der Waals surface area contributed by atoms with Crippen molar-refractivity contribution in [1.82, 2.24) is 19.9 Å². The van der Waals surface area contributed by atoms with Crippen LogP contribution in [0, 0.1) is 0 Å². The Labute approximate surface area is 190 Å². The fraction of sp³-hybridized carbons (Fsp3) is 0.591. The third kappa shape index (κ3) is 4.64. The van der Waals surface area contributed by atoms with Crippen LogP contribution in [0.2, 0.25) is 0 Å². The van der Waals surface area contributed by atoms with Gasteiger partial charge in [-0.15, -0.1) is 0 Å². The lowest BCUT2D eigenvalue weighted by molar-refractivity contribution is -0.0494. The van der Waals surface area contributed by atoms with E-state index in [1.165, 1.54) is 18.7 Å². The first-order valence-electron chi connectivity index (χ1n) is 11.3. The molecule has 178 valence electrons. The molecule has 0 spiro atoms. The number of fused-ring (bicyclic) bond motifs is 1. The largest absolute Gasteiger partial charge is 0.431 e. The Morgan fingerprint density at radius 3 is 2.76 bits per heavy atom. The highest BCUT2D eigenvalue weighted by atomic mass is 19.3. The summed E-state index contributed by atoms with van der Waals surface area (Å²) < 4.78 is 44.7. The third-order valence-corrected chi connectivity index (χ3v) is 6.71. The van der Waals surface area contributed by atoms with Gasteiger partial charge in [-0.2, -0.15) is 13.8 Å². The molecule has 5 rings (SSSR count). The Morgan fingerprint density at radius 1 is 1.15 bits per heavy atom. The minimum Gasteiger partial charge on any atom is -0.431 e. The van der Waals surface area contributed by atoms with E-state index in [9.17, 15) is 13.2 Å². The molecule has 0 bridgehead atoms. The second-order valence-corrected chi connectivity index (χ2v) is 9.26. The number of ether oxygens (including phenoxy) is 1. The van der Waals surface area contributed by atoms with E-state index in [2.05, 4.69) is 24.5 Å². The van der Waals surface area contributed by atoms with Crippen molar-refractivity contribution in [2.45, 2.75) is 44.5 Å². The summed E-state index contributed by atoms with van der Waals surface area (Å²) in [5.41, 5.74) is 5.38. The van der Waals surface area contributed by atoms with Gasteiger partial charge in [0.15, 0.2) is 11.6 Å². The molecule has 33 heavy (non-hydrogen) atoms. The van der Waals surface area contributed by atoms with Crippen LogP contribution >= 0.6 is 0 Å². The van der Waals surface area contributed by atoms with Gasteiger partial charge < -0.3 is 20.3 Å². The number of nitrogen functional groups attached to an aromatic ring is 1. The lowest BCUT2D eigenvalue weighted by Gasteiger charge is -2.38. The lowest BCUT2D eigenvalue weighted by Crippen LogP contribution is -2.50. The molecule has 0 aromatic carbocycles. The predicted molar refractivity (Wildman–Crippen MR) is 119 cm³/mol. The van der Waals surface area contributed by atoms with Gasteiger partial charge in [0.25, 0.3) is 0 Å². The summed E-state index contributed by atoms with van der Waals surface area (Å²) in [7, 11) is 0. The van der Waals surface area contributed by atoms with Crippen molar-refractivity contribution in [3.05, 3.63) is 18.3 Å². The summed E-state index contributed by atoms with van der Waals surface area (Å²) in [4.78, 5) is 20.0. The van der Waals surface area contributed by atoms with E-state index in [1.54, 1.807) is 6.92 Å². The molecule has 2 aromatic heterocycles. The Morgan fingerprint density at radius 2 is 2.00 bits per heavy atom. The normalized spacial score (nSPS) is 25.7. The summed E-state index contributed by atoms with van der Waals surface area (Å²) in [6.07, 6.45) is 4.23. The van der Waals surface area contributed by atoms with Gasteiger partial charge in [0.1, 0.15) is 11.5 Å². The van der Waals surface area contributed by atoms with Gasteiger partial charge in [0.05, 0.1) is 12.2 Å². The quantitative estimate of drug-likeness (QED) is 0.725. The van der Waals surface area contributed by atoms with Crippen molar-refractivity contribution < 1.29 is 17.9 Å². The minimum absolute atomic E-state index is 0.126. The topological polar surface area (TPSA) is 83.6 Å². The van der Waals surface area contributed by atoms with E-state index in [-0.39, 0.29) is 18.1 Å². The van der Waals surface area contributed by atoms with Crippen LogP contribution in [0.3, 0.4) is 0 Å². The fourth-order valence-corrected chi connectivity index (χ4v) is 4.95. The number of hydrogen-bond donors (Lipinski definition) is 1. The van der Waals surface area contributed by atoms with Crippen LogP contribution < -0.4 is 20.3 Å². The molecule has 0 amide bonds. The maximum Gasteiger partial charge on any atom is 0.387 e. The van der Waals surface area contributed by atoms with E-state index >= 15 is 0 Å². The van der Waals surface area contributed by atoms with Crippen molar-refractivity contribution in [2.75, 3.05) is 54.8 Å².